The molecule has 2 fully saturated rings. The molecule has 0 aromatic heterocycles. The van der Waals surface area contributed by atoms with E-state index in [2.05, 4.69) is 0 Å². The minimum Gasteiger partial charge on any atom is -0.481 e. The van der Waals surface area contributed by atoms with Crippen LogP contribution in [0.3, 0.4) is 0 Å². The van der Waals surface area contributed by atoms with E-state index in [1.54, 1.807) is 11.9 Å². The molecule has 108 valence electrons. The van der Waals surface area contributed by atoms with E-state index in [-0.39, 0.29) is 24.5 Å². The molecule has 5 heteroatoms. The molecule has 1 aliphatic heterocycles. The van der Waals surface area contributed by atoms with E-state index in [0.29, 0.717) is 6.61 Å². The summed E-state index contributed by atoms with van der Waals surface area (Å²) in [6.07, 6.45) is 6.50. The first-order valence-corrected chi connectivity index (χ1v) is 7.18. The lowest BCUT2D eigenvalue weighted by Crippen LogP contribution is -2.46. The van der Waals surface area contributed by atoms with Gasteiger partial charge in [-0.25, -0.2) is 0 Å². The normalized spacial score (nSPS) is 28.9. The third kappa shape index (κ3) is 3.26. The van der Waals surface area contributed by atoms with E-state index >= 15 is 0 Å². The Bertz CT molecular complexity index is 336. The van der Waals surface area contributed by atoms with Gasteiger partial charge < -0.3 is 14.7 Å². The minimum absolute atomic E-state index is 0.0718. The molecule has 2 rings (SSSR count). The van der Waals surface area contributed by atoms with E-state index in [1.165, 1.54) is 12.8 Å². The van der Waals surface area contributed by atoms with Crippen LogP contribution in [0.4, 0.5) is 0 Å². The molecule has 2 unspecified atom stereocenters. The number of rotatable bonds is 3. The van der Waals surface area contributed by atoms with Crippen LogP contribution in [0.5, 0.6) is 0 Å². The van der Waals surface area contributed by atoms with Crippen LogP contribution in [0.2, 0.25) is 0 Å². The number of nitrogens with zero attached hydrogens (tertiary/aromatic N) is 1. The Morgan fingerprint density at radius 3 is 2.32 bits per heavy atom. The quantitative estimate of drug-likeness (QED) is 0.789. The Balaban J connectivity index is 1.99. The Hall–Kier alpha value is -1.10. The third-order valence-electron chi connectivity index (χ3n) is 4.42. The standard InChI is InChI=1S/C14H23NO4/c1-15(12-9-19-8-11(12)14(17)18)13(16)10-6-4-2-3-5-7-10/h10-12H,2-9H2,1H3,(H,17,18). The molecule has 19 heavy (non-hydrogen) atoms. The fraction of sp³-hybridized carbons (Fsp3) is 0.857. The first kappa shape index (κ1) is 14.3. The molecule has 5 nitrogen and oxygen atoms in total. The summed E-state index contributed by atoms with van der Waals surface area (Å²) >= 11 is 0. The predicted octanol–water partition coefficient (Wildman–Crippen LogP) is 1.51. The number of likely N-dealkylation sites (N-methyl/N-ethyl adjacent to an activating group) is 1. The molecule has 2 atom stereocenters. The highest BCUT2D eigenvalue weighted by atomic mass is 16.5. The molecule has 1 heterocycles. The molecule has 1 N–H and O–H groups in total. The first-order valence-electron chi connectivity index (χ1n) is 7.18. The van der Waals surface area contributed by atoms with Crippen LogP contribution in [0.25, 0.3) is 0 Å². The SMILES string of the molecule is CN(C(=O)C1CCCCCC1)C1COCC1C(=O)O. The van der Waals surface area contributed by atoms with Gasteiger partial charge in [0.25, 0.3) is 0 Å². The monoisotopic (exact) mass is 269 g/mol. The van der Waals surface area contributed by atoms with Crippen LogP contribution in [0.1, 0.15) is 38.5 Å². The van der Waals surface area contributed by atoms with Gasteiger partial charge in [0.1, 0.15) is 5.92 Å². The van der Waals surface area contributed by atoms with Crippen molar-refractivity contribution >= 4 is 11.9 Å². The summed E-state index contributed by atoms with van der Waals surface area (Å²) in [5.74, 6) is -1.28. The molecule has 0 radical (unpaired) electrons. The van der Waals surface area contributed by atoms with Crippen LogP contribution < -0.4 is 0 Å². The summed E-state index contributed by atoms with van der Waals surface area (Å²) in [4.78, 5) is 25.3. The molecule has 0 aromatic carbocycles. The average molecular weight is 269 g/mol. The number of hydrogen-bond acceptors (Lipinski definition) is 3. The number of carbonyl (C=O) groups excluding carboxylic acids is 1. The van der Waals surface area contributed by atoms with E-state index in [1.807, 2.05) is 0 Å². The lowest BCUT2D eigenvalue weighted by Gasteiger charge is -2.29. The number of amides is 1. The zero-order valence-electron chi connectivity index (χ0n) is 11.5. The van der Waals surface area contributed by atoms with Crippen molar-refractivity contribution in [3.05, 3.63) is 0 Å². The molecule has 0 aromatic rings. The van der Waals surface area contributed by atoms with E-state index in [0.717, 1.165) is 25.7 Å². The van der Waals surface area contributed by atoms with Crippen molar-refractivity contribution in [3.8, 4) is 0 Å². The van der Waals surface area contributed by atoms with Crippen molar-refractivity contribution in [2.75, 3.05) is 20.3 Å². The van der Waals surface area contributed by atoms with Gasteiger partial charge in [-0.2, -0.15) is 0 Å². The highest BCUT2D eigenvalue weighted by molar-refractivity contribution is 5.80. The smallest absolute Gasteiger partial charge is 0.311 e. The molecule has 0 bridgehead atoms. The Morgan fingerprint density at radius 2 is 1.74 bits per heavy atom. The third-order valence-corrected chi connectivity index (χ3v) is 4.42. The van der Waals surface area contributed by atoms with Crippen LogP contribution in [0, 0.1) is 11.8 Å². The summed E-state index contributed by atoms with van der Waals surface area (Å²) < 4.78 is 5.24. The molecule has 1 aliphatic carbocycles. The summed E-state index contributed by atoms with van der Waals surface area (Å²) in [6.45, 7) is 0.550. The summed E-state index contributed by atoms with van der Waals surface area (Å²) in [5.41, 5.74) is 0. The highest BCUT2D eigenvalue weighted by Crippen LogP contribution is 2.27. The molecular formula is C14H23NO4. The van der Waals surface area contributed by atoms with Crippen LogP contribution in [-0.2, 0) is 14.3 Å². The maximum Gasteiger partial charge on any atom is 0.311 e. The lowest BCUT2D eigenvalue weighted by molar-refractivity contribution is -0.145. The Kier molecular flexibility index (Phi) is 4.80. The van der Waals surface area contributed by atoms with Gasteiger partial charge in [0, 0.05) is 13.0 Å². The van der Waals surface area contributed by atoms with Gasteiger partial charge in [-0.1, -0.05) is 25.7 Å². The fourth-order valence-electron chi connectivity index (χ4n) is 3.14. The molecule has 1 saturated carbocycles. The van der Waals surface area contributed by atoms with Crippen molar-refractivity contribution in [1.82, 2.24) is 4.90 Å². The summed E-state index contributed by atoms with van der Waals surface area (Å²) in [5, 5.41) is 9.15. The van der Waals surface area contributed by atoms with E-state index in [9.17, 15) is 9.59 Å². The Labute approximate surface area is 113 Å². The second kappa shape index (κ2) is 6.37. The topological polar surface area (TPSA) is 66.8 Å². The van der Waals surface area contributed by atoms with Gasteiger partial charge in [-0.15, -0.1) is 0 Å². The average Bonchev–Trinajstić information content (AvgIpc) is 2.73. The maximum absolute atomic E-state index is 12.5. The molecule has 1 saturated heterocycles. The van der Waals surface area contributed by atoms with Crippen LogP contribution in [-0.4, -0.2) is 48.2 Å². The molecule has 0 spiro atoms. The zero-order chi connectivity index (χ0) is 13.8. The minimum atomic E-state index is -0.872. The second-order valence-corrected chi connectivity index (χ2v) is 5.69. The first-order chi connectivity index (χ1) is 9.11. The predicted molar refractivity (Wildman–Crippen MR) is 69.7 cm³/mol. The van der Waals surface area contributed by atoms with Crippen LogP contribution in [0.15, 0.2) is 0 Å². The van der Waals surface area contributed by atoms with Gasteiger partial charge in [0.05, 0.1) is 19.3 Å². The number of carboxylic acids is 1. The van der Waals surface area contributed by atoms with Crippen molar-refractivity contribution in [2.24, 2.45) is 11.8 Å². The largest absolute Gasteiger partial charge is 0.481 e. The van der Waals surface area contributed by atoms with Gasteiger partial charge in [0.15, 0.2) is 0 Å². The van der Waals surface area contributed by atoms with Gasteiger partial charge in [-0.05, 0) is 12.8 Å². The van der Waals surface area contributed by atoms with Crippen molar-refractivity contribution in [3.63, 3.8) is 0 Å². The van der Waals surface area contributed by atoms with Gasteiger partial charge in [0.2, 0.25) is 5.91 Å². The number of ether oxygens (including phenoxy) is 1. The van der Waals surface area contributed by atoms with Gasteiger partial charge in [-0.3, -0.25) is 9.59 Å². The zero-order valence-corrected chi connectivity index (χ0v) is 11.5. The number of carboxylic acid groups (broad SMARTS) is 1. The molecule has 2 aliphatic rings. The highest BCUT2D eigenvalue weighted by Gasteiger charge is 2.39. The number of hydrogen-bond donors (Lipinski definition) is 1. The van der Waals surface area contributed by atoms with E-state index < -0.39 is 11.9 Å². The summed E-state index contributed by atoms with van der Waals surface area (Å²) in [6, 6.07) is -0.312. The molecular weight excluding hydrogens is 246 g/mol. The fourth-order valence-corrected chi connectivity index (χ4v) is 3.14. The van der Waals surface area contributed by atoms with Gasteiger partial charge >= 0.3 is 5.97 Å². The molecule has 1 amide bonds. The van der Waals surface area contributed by atoms with Crippen molar-refractivity contribution in [1.29, 1.82) is 0 Å². The van der Waals surface area contributed by atoms with E-state index in [4.69, 9.17) is 9.84 Å². The van der Waals surface area contributed by atoms with Crippen molar-refractivity contribution in [2.45, 2.75) is 44.6 Å². The second-order valence-electron chi connectivity index (χ2n) is 5.69. The number of aliphatic carboxylic acids is 1. The van der Waals surface area contributed by atoms with Crippen LogP contribution >= 0.6 is 0 Å². The Morgan fingerprint density at radius 1 is 1.11 bits per heavy atom. The number of carbonyl (C=O) groups is 2. The lowest BCUT2D eigenvalue weighted by atomic mass is 9.96. The summed E-state index contributed by atoms with van der Waals surface area (Å²) in [7, 11) is 1.72. The van der Waals surface area contributed by atoms with Crippen molar-refractivity contribution < 1.29 is 19.4 Å². The maximum atomic E-state index is 12.5.